The Balaban J connectivity index is 2.15. The van der Waals surface area contributed by atoms with Crippen LogP contribution in [-0.4, -0.2) is 39.6 Å². The first kappa shape index (κ1) is 10.6. The standard InChI is InChI=1S/C10H18N4O/c1-8-12-13-10(3-2-6-15)14(8)9-4-5-11-7-9/h9,11,15H,2-7H2,1H3. The van der Waals surface area contributed by atoms with Crippen LogP contribution >= 0.6 is 0 Å². The fourth-order valence-electron chi connectivity index (χ4n) is 2.16. The molecule has 1 unspecified atom stereocenters. The van der Waals surface area contributed by atoms with Gasteiger partial charge in [0.15, 0.2) is 0 Å². The van der Waals surface area contributed by atoms with E-state index in [2.05, 4.69) is 20.1 Å². The van der Waals surface area contributed by atoms with Crippen LogP contribution in [0, 0.1) is 6.92 Å². The number of aryl methyl sites for hydroxylation is 2. The highest BCUT2D eigenvalue weighted by Crippen LogP contribution is 2.19. The molecule has 84 valence electrons. The van der Waals surface area contributed by atoms with Crippen molar-refractivity contribution in [3.05, 3.63) is 11.6 Å². The molecule has 2 heterocycles. The summed E-state index contributed by atoms with van der Waals surface area (Å²) in [4.78, 5) is 0. The van der Waals surface area contributed by atoms with E-state index in [0.717, 1.165) is 44.0 Å². The molecule has 0 amide bonds. The molecule has 1 aliphatic rings. The maximum atomic E-state index is 8.82. The van der Waals surface area contributed by atoms with Crippen molar-refractivity contribution in [1.82, 2.24) is 20.1 Å². The summed E-state index contributed by atoms with van der Waals surface area (Å²) in [7, 11) is 0. The van der Waals surface area contributed by atoms with Crippen LogP contribution in [0.4, 0.5) is 0 Å². The number of hydrogen-bond donors (Lipinski definition) is 2. The molecule has 0 bridgehead atoms. The lowest BCUT2D eigenvalue weighted by molar-refractivity contribution is 0.286. The highest BCUT2D eigenvalue weighted by molar-refractivity contribution is 4.99. The Hall–Kier alpha value is -0.940. The minimum Gasteiger partial charge on any atom is -0.396 e. The normalized spacial score (nSPS) is 21.1. The zero-order valence-corrected chi connectivity index (χ0v) is 9.11. The summed E-state index contributed by atoms with van der Waals surface area (Å²) in [5.41, 5.74) is 0. The quantitative estimate of drug-likeness (QED) is 0.737. The molecule has 1 aromatic rings. The second-order valence-electron chi connectivity index (χ2n) is 4.01. The Morgan fingerprint density at radius 1 is 1.53 bits per heavy atom. The van der Waals surface area contributed by atoms with E-state index in [4.69, 9.17) is 5.11 Å². The van der Waals surface area contributed by atoms with Gasteiger partial charge < -0.3 is 15.0 Å². The van der Waals surface area contributed by atoms with E-state index in [0.29, 0.717) is 6.04 Å². The van der Waals surface area contributed by atoms with E-state index in [1.165, 1.54) is 0 Å². The van der Waals surface area contributed by atoms with Gasteiger partial charge in [-0.2, -0.15) is 0 Å². The van der Waals surface area contributed by atoms with Gasteiger partial charge in [0.2, 0.25) is 0 Å². The monoisotopic (exact) mass is 210 g/mol. The van der Waals surface area contributed by atoms with Gasteiger partial charge in [-0.15, -0.1) is 10.2 Å². The van der Waals surface area contributed by atoms with Crippen LogP contribution < -0.4 is 5.32 Å². The van der Waals surface area contributed by atoms with Crippen LogP contribution in [-0.2, 0) is 6.42 Å². The third-order valence-corrected chi connectivity index (χ3v) is 2.89. The molecule has 1 aliphatic heterocycles. The summed E-state index contributed by atoms with van der Waals surface area (Å²) < 4.78 is 2.22. The van der Waals surface area contributed by atoms with Gasteiger partial charge in [-0.1, -0.05) is 0 Å². The minimum atomic E-state index is 0.217. The molecule has 0 spiro atoms. The van der Waals surface area contributed by atoms with Gasteiger partial charge in [-0.25, -0.2) is 0 Å². The van der Waals surface area contributed by atoms with Crippen molar-refractivity contribution in [2.45, 2.75) is 32.2 Å². The zero-order chi connectivity index (χ0) is 10.7. The van der Waals surface area contributed by atoms with Crippen molar-refractivity contribution in [2.24, 2.45) is 0 Å². The Morgan fingerprint density at radius 3 is 3.07 bits per heavy atom. The molecule has 0 aromatic carbocycles. The fraction of sp³-hybridized carbons (Fsp3) is 0.800. The summed E-state index contributed by atoms with van der Waals surface area (Å²) in [6.45, 7) is 4.29. The Kier molecular flexibility index (Phi) is 3.33. The summed E-state index contributed by atoms with van der Waals surface area (Å²) in [5, 5.41) is 20.5. The number of aliphatic hydroxyl groups excluding tert-OH is 1. The second-order valence-corrected chi connectivity index (χ2v) is 4.01. The molecule has 1 aromatic heterocycles. The summed E-state index contributed by atoms with van der Waals surface area (Å²) in [6, 6.07) is 0.494. The van der Waals surface area contributed by atoms with E-state index in [1.54, 1.807) is 0 Å². The minimum absolute atomic E-state index is 0.217. The average molecular weight is 210 g/mol. The molecule has 1 atom stereocenters. The number of nitrogens with zero attached hydrogens (tertiary/aromatic N) is 3. The Labute approximate surface area is 89.5 Å². The molecule has 5 nitrogen and oxygen atoms in total. The molecule has 2 rings (SSSR count). The van der Waals surface area contributed by atoms with E-state index < -0.39 is 0 Å². The highest BCUT2D eigenvalue weighted by Gasteiger charge is 2.21. The number of rotatable bonds is 4. The zero-order valence-electron chi connectivity index (χ0n) is 9.11. The van der Waals surface area contributed by atoms with Gasteiger partial charge in [0.05, 0.1) is 6.04 Å². The molecule has 2 N–H and O–H groups in total. The first-order valence-corrected chi connectivity index (χ1v) is 5.55. The van der Waals surface area contributed by atoms with Gasteiger partial charge in [0, 0.05) is 19.6 Å². The van der Waals surface area contributed by atoms with Crippen molar-refractivity contribution < 1.29 is 5.11 Å². The van der Waals surface area contributed by atoms with Crippen molar-refractivity contribution in [1.29, 1.82) is 0 Å². The first-order valence-electron chi connectivity index (χ1n) is 5.55. The van der Waals surface area contributed by atoms with Crippen molar-refractivity contribution in [3.8, 4) is 0 Å². The van der Waals surface area contributed by atoms with Crippen molar-refractivity contribution >= 4 is 0 Å². The summed E-state index contributed by atoms with van der Waals surface area (Å²) >= 11 is 0. The number of aliphatic hydroxyl groups is 1. The predicted molar refractivity (Wildman–Crippen MR) is 56.7 cm³/mol. The molecule has 15 heavy (non-hydrogen) atoms. The van der Waals surface area contributed by atoms with Crippen LogP contribution in [0.1, 0.15) is 30.5 Å². The second kappa shape index (κ2) is 4.72. The van der Waals surface area contributed by atoms with E-state index in [1.807, 2.05) is 6.92 Å². The van der Waals surface area contributed by atoms with Gasteiger partial charge in [-0.05, 0) is 26.3 Å². The van der Waals surface area contributed by atoms with Gasteiger partial charge in [-0.3, -0.25) is 0 Å². The largest absolute Gasteiger partial charge is 0.396 e. The number of nitrogens with one attached hydrogen (secondary N) is 1. The predicted octanol–water partition coefficient (Wildman–Crippen LogP) is 0.0458. The van der Waals surface area contributed by atoms with E-state index in [9.17, 15) is 0 Å². The van der Waals surface area contributed by atoms with Crippen LogP contribution in [0.15, 0.2) is 0 Å². The first-order chi connectivity index (χ1) is 7.33. The molecular formula is C10H18N4O. The van der Waals surface area contributed by atoms with Gasteiger partial charge in [0.1, 0.15) is 11.6 Å². The summed E-state index contributed by atoms with van der Waals surface area (Å²) in [6.07, 6.45) is 2.72. The topological polar surface area (TPSA) is 63.0 Å². The molecule has 1 fully saturated rings. The van der Waals surface area contributed by atoms with Crippen LogP contribution in [0.5, 0.6) is 0 Å². The number of hydrogen-bond acceptors (Lipinski definition) is 4. The third kappa shape index (κ3) is 2.18. The van der Waals surface area contributed by atoms with Crippen LogP contribution in [0.2, 0.25) is 0 Å². The lowest BCUT2D eigenvalue weighted by Gasteiger charge is -2.14. The Morgan fingerprint density at radius 2 is 2.40 bits per heavy atom. The molecule has 0 radical (unpaired) electrons. The van der Waals surface area contributed by atoms with Crippen LogP contribution in [0.3, 0.4) is 0 Å². The average Bonchev–Trinajstić information content (AvgIpc) is 2.84. The molecule has 5 heteroatoms. The SMILES string of the molecule is Cc1nnc(CCCO)n1C1CCNC1. The molecule has 1 saturated heterocycles. The van der Waals surface area contributed by atoms with E-state index in [-0.39, 0.29) is 6.61 Å². The third-order valence-electron chi connectivity index (χ3n) is 2.89. The van der Waals surface area contributed by atoms with Crippen molar-refractivity contribution in [3.63, 3.8) is 0 Å². The van der Waals surface area contributed by atoms with Crippen molar-refractivity contribution in [2.75, 3.05) is 19.7 Å². The van der Waals surface area contributed by atoms with Crippen LogP contribution in [0.25, 0.3) is 0 Å². The molecular weight excluding hydrogens is 192 g/mol. The van der Waals surface area contributed by atoms with Gasteiger partial charge >= 0.3 is 0 Å². The maximum Gasteiger partial charge on any atom is 0.133 e. The highest BCUT2D eigenvalue weighted by atomic mass is 16.2. The molecule has 0 saturated carbocycles. The number of aromatic nitrogens is 3. The smallest absolute Gasteiger partial charge is 0.133 e. The lowest BCUT2D eigenvalue weighted by atomic mass is 10.2. The Bertz CT molecular complexity index is 317. The fourth-order valence-corrected chi connectivity index (χ4v) is 2.16. The van der Waals surface area contributed by atoms with Gasteiger partial charge in [0.25, 0.3) is 0 Å². The lowest BCUT2D eigenvalue weighted by Crippen LogP contribution is -2.17. The van der Waals surface area contributed by atoms with E-state index >= 15 is 0 Å². The summed E-state index contributed by atoms with van der Waals surface area (Å²) in [5.74, 6) is 1.99. The maximum absolute atomic E-state index is 8.82. The molecule has 0 aliphatic carbocycles.